The lowest BCUT2D eigenvalue weighted by Gasteiger charge is -2.18. The summed E-state index contributed by atoms with van der Waals surface area (Å²) in [6.45, 7) is 6.63. The van der Waals surface area contributed by atoms with Gasteiger partial charge in [0.2, 0.25) is 0 Å². The number of hydrogen-bond donors (Lipinski definition) is 0. The fourth-order valence-electron chi connectivity index (χ4n) is 9.19. The molecule has 1 atom stereocenters. The smallest absolute Gasteiger partial charge is 0.306 e. The van der Waals surface area contributed by atoms with Gasteiger partial charge in [-0.25, -0.2) is 0 Å². The fraction of sp³-hybridized carbons (Fsp3) is 0.806. The Morgan fingerprint density at radius 2 is 0.493 bits per heavy atom. The van der Waals surface area contributed by atoms with E-state index < -0.39 is 6.10 Å². The zero-order chi connectivity index (χ0) is 52.9. The zero-order valence-electron chi connectivity index (χ0n) is 48.7. The minimum Gasteiger partial charge on any atom is -0.462 e. The van der Waals surface area contributed by atoms with Crippen LogP contribution in [-0.4, -0.2) is 37.2 Å². The lowest BCUT2D eigenvalue weighted by Crippen LogP contribution is -2.30. The predicted molar refractivity (Wildman–Crippen MR) is 316 cm³/mol. The minimum absolute atomic E-state index is 0.0768. The van der Waals surface area contributed by atoms with E-state index in [0.717, 1.165) is 89.9 Å². The van der Waals surface area contributed by atoms with E-state index in [2.05, 4.69) is 81.5 Å². The van der Waals surface area contributed by atoms with Gasteiger partial charge in [-0.3, -0.25) is 14.4 Å². The summed E-state index contributed by atoms with van der Waals surface area (Å²) in [5.41, 5.74) is 0. The molecule has 0 N–H and O–H groups in total. The van der Waals surface area contributed by atoms with Gasteiger partial charge in [0.05, 0.1) is 0 Å². The third-order valence-electron chi connectivity index (χ3n) is 14.0. The lowest BCUT2D eigenvalue weighted by molar-refractivity contribution is -0.167. The molecule has 0 amide bonds. The van der Waals surface area contributed by atoms with E-state index in [1.54, 1.807) is 0 Å². The van der Waals surface area contributed by atoms with Gasteiger partial charge in [0.25, 0.3) is 0 Å². The van der Waals surface area contributed by atoms with Crippen molar-refractivity contribution >= 4 is 17.9 Å². The molecule has 0 radical (unpaired) electrons. The van der Waals surface area contributed by atoms with E-state index in [0.29, 0.717) is 19.3 Å². The van der Waals surface area contributed by atoms with Gasteiger partial charge >= 0.3 is 17.9 Å². The van der Waals surface area contributed by atoms with Gasteiger partial charge in [-0.15, -0.1) is 0 Å². The van der Waals surface area contributed by atoms with Gasteiger partial charge in [-0.05, 0) is 89.9 Å². The number of allylic oxidation sites excluding steroid dienone is 10. The Morgan fingerprint density at radius 1 is 0.274 bits per heavy atom. The summed E-state index contributed by atoms with van der Waals surface area (Å²) < 4.78 is 16.9. The Labute approximate surface area is 453 Å². The Morgan fingerprint density at radius 3 is 0.795 bits per heavy atom. The average Bonchev–Trinajstić information content (AvgIpc) is 3.39. The predicted octanol–water partition coefficient (Wildman–Crippen LogP) is 21.6. The molecule has 0 saturated heterocycles. The summed E-state index contributed by atoms with van der Waals surface area (Å²) in [4.78, 5) is 38.3. The van der Waals surface area contributed by atoms with Gasteiger partial charge in [-0.2, -0.15) is 0 Å². The molecule has 0 spiro atoms. The molecule has 0 aliphatic carbocycles. The molecule has 6 heteroatoms. The van der Waals surface area contributed by atoms with Gasteiger partial charge in [0, 0.05) is 19.3 Å². The van der Waals surface area contributed by atoms with Crippen LogP contribution in [-0.2, 0) is 28.6 Å². The molecular formula is C67H120O6. The largest absolute Gasteiger partial charge is 0.462 e. The highest BCUT2D eigenvalue weighted by molar-refractivity contribution is 5.71. The van der Waals surface area contributed by atoms with Crippen molar-refractivity contribution in [3.63, 3.8) is 0 Å². The van der Waals surface area contributed by atoms with Crippen LogP contribution in [0.2, 0.25) is 0 Å². The maximum atomic E-state index is 12.9. The topological polar surface area (TPSA) is 78.9 Å². The second kappa shape index (κ2) is 61.7. The van der Waals surface area contributed by atoms with Crippen molar-refractivity contribution in [2.75, 3.05) is 13.2 Å². The molecule has 0 aromatic carbocycles. The van der Waals surface area contributed by atoms with Crippen LogP contribution >= 0.6 is 0 Å². The second-order valence-corrected chi connectivity index (χ2v) is 21.3. The number of rotatable bonds is 58. The van der Waals surface area contributed by atoms with E-state index in [9.17, 15) is 14.4 Å². The number of carbonyl (C=O) groups is 3. The van der Waals surface area contributed by atoms with E-state index in [-0.39, 0.29) is 31.1 Å². The molecule has 0 aromatic rings. The molecule has 0 saturated carbocycles. The van der Waals surface area contributed by atoms with Crippen LogP contribution in [0.15, 0.2) is 60.8 Å². The highest BCUT2D eigenvalue weighted by atomic mass is 16.6. The number of ether oxygens (including phenoxy) is 3. The third kappa shape index (κ3) is 59.9. The molecular weight excluding hydrogens is 901 g/mol. The normalized spacial score (nSPS) is 12.4. The lowest BCUT2D eigenvalue weighted by atomic mass is 10.0. The first-order valence-electron chi connectivity index (χ1n) is 31.8. The van der Waals surface area contributed by atoms with Gasteiger partial charge < -0.3 is 14.2 Å². The van der Waals surface area contributed by atoms with Crippen LogP contribution in [0.4, 0.5) is 0 Å². The molecule has 0 aromatic heterocycles. The van der Waals surface area contributed by atoms with Gasteiger partial charge in [0.15, 0.2) is 6.10 Å². The van der Waals surface area contributed by atoms with E-state index >= 15 is 0 Å². The van der Waals surface area contributed by atoms with Crippen LogP contribution in [0.3, 0.4) is 0 Å². The first-order valence-corrected chi connectivity index (χ1v) is 31.8. The Hall–Kier alpha value is -2.89. The summed E-state index contributed by atoms with van der Waals surface area (Å²) >= 11 is 0. The van der Waals surface area contributed by atoms with E-state index in [1.807, 2.05) is 0 Å². The standard InChI is InChI=1S/C67H120O6/c1-4-7-10-13-16-19-22-25-28-30-31-32-33-34-35-37-39-42-45-48-51-54-57-60-66(69)72-63-64(62-71-65(68)59-56-53-50-47-44-41-38-27-24-21-18-15-12-9-6-3)73-67(70)61-58-55-52-49-46-43-40-36-29-26-23-20-17-14-11-8-5-2/h17,20,22,25-26,29-31,33-34,64H,4-16,18-19,21,23-24,27-28,32,35-63H2,1-3H3/b20-17-,25-22-,29-26-,31-30-,34-33-. The van der Waals surface area contributed by atoms with Crippen LogP contribution in [0.5, 0.6) is 0 Å². The summed E-state index contributed by atoms with van der Waals surface area (Å²) in [5.74, 6) is -0.875. The number of hydrogen-bond acceptors (Lipinski definition) is 6. The SMILES string of the molecule is CCCCC/C=C\C/C=C\CCCCCCCCCC(=O)OC(COC(=O)CCCCCCCCCC/C=C\C/C=C\C/C=C\CCCCCCC)COC(=O)CCCCCCCCCCCCCCCCC. The minimum atomic E-state index is -0.781. The summed E-state index contributed by atoms with van der Waals surface area (Å²) in [6, 6.07) is 0. The Kier molecular flexibility index (Phi) is 59.2. The maximum Gasteiger partial charge on any atom is 0.306 e. The highest BCUT2D eigenvalue weighted by Gasteiger charge is 2.19. The highest BCUT2D eigenvalue weighted by Crippen LogP contribution is 2.16. The van der Waals surface area contributed by atoms with Crippen LogP contribution in [0.1, 0.15) is 329 Å². The molecule has 0 bridgehead atoms. The Balaban J connectivity index is 4.35. The molecule has 424 valence electrons. The average molecular weight is 1020 g/mol. The van der Waals surface area contributed by atoms with Gasteiger partial charge in [0.1, 0.15) is 13.2 Å². The van der Waals surface area contributed by atoms with Crippen molar-refractivity contribution < 1.29 is 28.6 Å². The number of carbonyl (C=O) groups excluding carboxylic acids is 3. The molecule has 0 heterocycles. The molecule has 6 nitrogen and oxygen atoms in total. The fourth-order valence-corrected chi connectivity index (χ4v) is 9.19. The summed E-state index contributed by atoms with van der Waals surface area (Å²) in [5, 5.41) is 0. The molecule has 0 aliphatic rings. The van der Waals surface area contributed by atoms with Crippen molar-refractivity contribution in [3.05, 3.63) is 60.8 Å². The number of unbranched alkanes of at least 4 members (excludes halogenated alkanes) is 37. The van der Waals surface area contributed by atoms with Crippen molar-refractivity contribution in [1.29, 1.82) is 0 Å². The quantitative estimate of drug-likeness (QED) is 0.0261. The van der Waals surface area contributed by atoms with Crippen LogP contribution in [0, 0.1) is 0 Å². The van der Waals surface area contributed by atoms with Crippen molar-refractivity contribution in [3.8, 4) is 0 Å². The molecule has 73 heavy (non-hydrogen) atoms. The molecule has 0 rings (SSSR count). The zero-order valence-corrected chi connectivity index (χ0v) is 48.7. The number of esters is 3. The van der Waals surface area contributed by atoms with E-state index in [4.69, 9.17) is 14.2 Å². The second-order valence-electron chi connectivity index (χ2n) is 21.3. The van der Waals surface area contributed by atoms with Crippen LogP contribution < -0.4 is 0 Å². The first-order chi connectivity index (χ1) is 36.0. The van der Waals surface area contributed by atoms with Gasteiger partial charge in [-0.1, -0.05) is 281 Å². The Bertz CT molecular complexity index is 1310. The third-order valence-corrected chi connectivity index (χ3v) is 14.0. The monoisotopic (exact) mass is 1020 g/mol. The van der Waals surface area contributed by atoms with Crippen molar-refractivity contribution in [2.24, 2.45) is 0 Å². The van der Waals surface area contributed by atoms with Crippen molar-refractivity contribution in [2.45, 2.75) is 335 Å². The molecule has 1 unspecified atom stereocenters. The summed E-state index contributed by atoms with van der Waals surface area (Å²) in [6.07, 6.45) is 77.8. The molecule has 0 fully saturated rings. The molecule has 0 aliphatic heterocycles. The maximum absolute atomic E-state index is 12.9. The van der Waals surface area contributed by atoms with Crippen LogP contribution in [0.25, 0.3) is 0 Å². The van der Waals surface area contributed by atoms with E-state index in [1.165, 1.54) is 199 Å². The van der Waals surface area contributed by atoms with Crippen molar-refractivity contribution in [1.82, 2.24) is 0 Å². The summed E-state index contributed by atoms with van der Waals surface area (Å²) in [7, 11) is 0. The first kappa shape index (κ1) is 70.1.